The van der Waals surface area contributed by atoms with Crippen molar-refractivity contribution in [3.8, 4) is 0 Å². The molecule has 0 N–H and O–H groups in total. The highest BCUT2D eigenvalue weighted by atomic mass is 16.1. The molecule has 13 heavy (non-hydrogen) atoms. The Labute approximate surface area is 76.8 Å². The summed E-state index contributed by atoms with van der Waals surface area (Å²) in [6, 6.07) is 0. The summed E-state index contributed by atoms with van der Waals surface area (Å²) < 4.78 is 0. The number of azide groups is 1. The maximum absolute atomic E-state index is 10.8. The van der Waals surface area contributed by atoms with E-state index in [2.05, 4.69) is 20.9 Å². The van der Waals surface area contributed by atoms with Crippen molar-refractivity contribution in [2.45, 2.75) is 33.2 Å². The third-order valence-electron chi connectivity index (χ3n) is 0.975. The average Bonchev–Trinajstić information content (AvgIpc) is 1.95. The Kier molecular flexibility index (Phi) is 3.92. The van der Waals surface area contributed by atoms with Crippen molar-refractivity contribution in [1.29, 1.82) is 0 Å². The van der Waals surface area contributed by atoms with E-state index in [-0.39, 0.29) is 17.0 Å². The van der Waals surface area contributed by atoms with Gasteiger partial charge in [-0.05, 0) is 44.2 Å². The number of nitrogens with zero attached hydrogens (tertiary/aromatic N) is 4. The second-order valence-electron chi connectivity index (χ2n) is 3.49. The SMILES string of the molecule is CC(=O)C(=C=NC(C)(C)C)N=[N+]=[N-]. The van der Waals surface area contributed by atoms with E-state index in [9.17, 15) is 4.79 Å². The van der Waals surface area contributed by atoms with Crippen LogP contribution in [0.25, 0.3) is 10.4 Å². The Hall–Kier alpha value is -1.57. The van der Waals surface area contributed by atoms with E-state index in [0.717, 1.165) is 0 Å². The topological polar surface area (TPSA) is 78.2 Å². The lowest BCUT2D eigenvalue weighted by molar-refractivity contribution is -0.113. The van der Waals surface area contributed by atoms with E-state index in [1.807, 2.05) is 20.8 Å². The van der Waals surface area contributed by atoms with E-state index in [0.29, 0.717) is 0 Å². The second-order valence-corrected chi connectivity index (χ2v) is 3.49. The van der Waals surface area contributed by atoms with Gasteiger partial charge < -0.3 is 0 Å². The molecule has 0 atom stereocenters. The molecule has 0 saturated heterocycles. The summed E-state index contributed by atoms with van der Waals surface area (Å²) >= 11 is 0. The van der Waals surface area contributed by atoms with Gasteiger partial charge in [0.05, 0.1) is 5.54 Å². The van der Waals surface area contributed by atoms with Gasteiger partial charge in [0, 0.05) is 4.91 Å². The van der Waals surface area contributed by atoms with E-state index >= 15 is 0 Å². The number of Topliss-reactive ketones (excluding diaryl/α,β-unsaturated/α-hetero) is 1. The molecular formula is C8H12N4O. The third-order valence-corrected chi connectivity index (χ3v) is 0.975. The lowest BCUT2D eigenvalue weighted by atomic mass is 10.1. The van der Waals surface area contributed by atoms with E-state index < -0.39 is 0 Å². The molecule has 0 fully saturated rings. The normalized spacial score (nSPS) is 9.54. The molecule has 0 spiro atoms. The molecule has 0 heterocycles. The van der Waals surface area contributed by atoms with Gasteiger partial charge in [-0.25, -0.2) is 4.99 Å². The fourth-order valence-corrected chi connectivity index (χ4v) is 0.437. The van der Waals surface area contributed by atoms with Crippen molar-refractivity contribution < 1.29 is 4.79 Å². The highest BCUT2D eigenvalue weighted by Gasteiger charge is 2.06. The summed E-state index contributed by atoms with van der Waals surface area (Å²) in [7, 11) is 0. The molecule has 0 bridgehead atoms. The van der Waals surface area contributed by atoms with Crippen LogP contribution in [0.3, 0.4) is 0 Å². The number of aliphatic imine (C=N–C) groups is 1. The summed E-state index contributed by atoms with van der Waals surface area (Å²) in [4.78, 5) is 17.3. The largest absolute Gasteiger partial charge is 0.294 e. The molecule has 0 aromatic rings. The average molecular weight is 180 g/mol. The fourth-order valence-electron chi connectivity index (χ4n) is 0.437. The van der Waals surface area contributed by atoms with Crippen LogP contribution in [0.2, 0.25) is 0 Å². The van der Waals surface area contributed by atoms with Gasteiger partial charge in [-0.1, -0.05) is 0 Å². The number of hydrogen-bond acceptors (Lipinski definition) is 3. The zero-order valence-electron chi connectivity index (χ0n) is 8.20. The first kappa shape index (κ1) is 11.4. The minimum absolute atomic E-state index is 0.0857. The Morgan fingerprint density at radius 3 is 2.31 bits per heavy atom. The smallest absolute Gasteiger partial charge is 0.171 e. The summed E-state index contributed by atoms with van der Waals surface area (Å²) in [6.07, 6.45) is 0. The Balaban J connectivity index is 5.06. The van der Waals surface area contributed by atoms with Crippen LogP contribution in [-0.4, -0.2) is 17.2 Å². The Bertz CT molecular complexity index is 308. The van der Waals surface area contributed by atoms with E-state index in [1.54, 1.807) is 0 Å². The predicted molar refractivity (Wildman–Crippen MR) is 50.5 cm³/mol. The Morgan fingerprint density at radius 2 is 2.00 bits per heavy atom. The first-order chi connectivity index (χ1) is 5.87. The molecule has 0 radical (unpaired) electrons. The summed E-state index contributed by atoms with van der Waals surface area (Å²) in [6.45, 7) is 6.87. The molecule has 5 nitrogen and oxygen atoms in total. The van der Waals surface area contributed by atoms with Crippen LogP contribution >= 0.6 is 0 Å². The fraction of sp³-hybridized carbons (Fsp3) is 0.625. The van der Waals surface area contributed by atoms with Crippen molar-refractivity contribution in [3.63, 3.8) is 0 Å². The highest BCUT2D eigenvalue weighted by molar-refractivity contribution is 6.00. The van der Waals surface area contributed by atoms with Gasteiger partial charge in [0.15, 0.2) is 5.78 Å². The summed E-state index contributed by atoms with van der Waals surface area (Å²) in [5.74, 6) is 2.09. The van der Waals surface area contributed by atoms with Crippen LogP contribution in [0.1, 0.15) is 27.7 Å². The van der Waals surface area contributed by atoms with Crippen molar-refractivity contribution in [2.75, 3.05) is 0 Å². The molecule has 0 rings (SSSR count). The van der Waals surface area contributed by atoms with Gasteiger partial charge in [-0.3, -0.25) is 4.79 Å². The van der Waals surface area contributed by atoms with Crippen LogP contribution in [0, 0.1) is 0 Å². The highest BCUT2D eigenvalue weighted by Crippen LogP contribution is 2.04. The van der Waals surface area contributed by atoms with Gasteiger partial charge in [0.2, 0.25) is 0 Å². The lowest BCUT2D eigenvalue weighted by Gasteiger charge is -2.07. The first-order valence-electron chi connectivity index (χ1n) is 3.77. The summed E-state index contributed by atoms with van der Waals surface area (Å²) in [5, 5.41) is 3.17. The van der Waals surface area contributed by atoms with Gasteiger partial charge in [-0.15, -0.1) is 0 Å². The van der Waals surface area contributed by atoms with Crippen LogP contribution < -0.4 is 0 Å². The number of ketones is 1. The molecule has 5 heteroatoms. The number of allylic oxidation sites excluding steroid dienone is 1. The monoisotopic (exact) mass is 180 g/mol. The second kappa shape index (κ2) is 4.45. The van der Waals surface area contributed by atoms with Crippen molar-refractivity contribution in [1.82, 2.24) is 0 Å². The molecular weight excluding hydrogens is 168 g/mol. The zero-order valence-corrected chi connectivity index (χ0v) is 8.20. The molecule has 0 aromatic carbocycles. The number of rotatable bonds is 2. The van der Waals surface area contributed by atoms with Crippen LogP contribution in [0.15, 0.2) is 15.8 Å². The number of carbonyl (C=O) groups excluding carboxylic acids is 1. The quantitative estimate of drug-likeness (QED) is 0.211. The molecule has 0 saturated carbocycles. The minimum atomic E-state index is -0.342. The maximum Gasteiger partial charge on any atom is 0.171 e. The molecule has 0 aromatic heterocycles. The minimum Gasteiger partial charge on any atom is -0.294 e. The zero-order chi connectivity index (χ0) is 10.5. The molecule has 0 amide bonds. The Morgan fingerprint density at radius 1 is 1.46 bits per heavy atom. The molecule has 0 aliphatic carbocycles. The molecule has 0 aliphatic rings. The van der Waals surface area contributed by atoms with Gasteiger partial charge >= 0.3 is 0 Å². The van der Waals surface area contributed by atoms with Crippen molar-refractivity contribution in [3.05, 3.63) is 16.1 Å². The van der Waals surface area contributed by atoms with Gasteiger partial charge in [0.25, 0.3) is 0 Å². The van der Waals surface area contributed by atoms with Gasteiger partial charge in [0.1, 0.15) is 5.70 Å². The van der Waals surface area contributed by atoms with Crippen molar-refractivity contribution >= 4 is 11.7 Å². The molecule has 0 aliphatic heterocycles. The van der Waals surface area contributed by atoms with Crippen molar-refractivity contribution in [2.24, 2.45) is 10.1 Å². The molecule has 70 valence electrons. The maximum atomic E-state index is 10.8. The van der Waals surface area contributed by atoms with Crippen LogP contribution in [0.5, 0.6) is 0 Å². The van der Waals surface area contributed by atoms with Crippen LogP contribution in [0.4, 0.5) is 0 Å². The van der Waals surface area contributed by atoms with E-state index in [1.165, 1.54) is 6.92 Å². The molecule has 0 unspecified atom stereocenters. The summed E-state index contributed by atoms with van der Waals surface area (Å²) in [5.41, 5.74) is 7.71. The lowest BCUT2D eigenvalue weighted by Crippen LogP contribution is -2.09. The van der Waals surface area contributed by atoms with Gasteiger partial charge in [-0.2, -0.15) is 0 Å². The number of carbonyl (C=O) groups is 1. The van der Waals surface area contributed by atoms with Crippen LogP contribution in [-0.2, 0) is 4.79 Å². The first-order valence-corrected chi connectivity index (χ1v) is 3.77. The predicted octanol–water partition coefficient (Wildman–Crippen LogP) is 2.24. The third kappa shape index (κ3) is 5.67. The van der Waals surface area contributed by atoms with E-state index in [4.69, 9.17) is 5.53 Å². The standard InChI is InChI=1S/C8H12N4O/c1-6(13)7(11-12-9)5-10-8(2,3)4/h1-4H3. The number of hydrogen-bond donors (Lipinski definition) is 0.